The van der Waals surface area contributed by atoms with Crippen molar-refractivity contribution in [2.75, 3.05) is 46.9 Å². The van der Waals surface area contributed by atoms with E-state index in [1.165, 1.54) is 6.92 Å². The van der Waals surface area contributed by atoms with Crippen LogP contribution in [0.25, 0.3) is 0 Å². The summed E-state index contributed by atoms with van der Waals surface area (Å²) >= 11 is 0. The molecule has 2 aliphatic heterocycles. The fourth-order valence-electron chi connectivity index (χ4n) is 6.84. The second-order valence-electron chi connectivity index (χ2n) is 12.6. The zero-order valence-corrected chi connectivity index (χ0v) is 27.0. The van der Waals surface area contributed by atoms with Crippen LogP contribution in [-0.4, -0.2) is 98.6 Å². The van der Waals surface area contributed by atoms with Gasteiger partial charge in [0.1, 0.15) is 18.2 Å². The molecule has 2 heterocycles. The molecule has 0 bridgehead atoms. The van der Waals surface area contributed by atoms with E-state index in [-0.39, 0.29) is 24.2 Å². The van der Waals surface area contributed by atoms with Crippen molar-refractivity contribution in [2.24, 2.45) is 11.3 Å². The molecule has 0 radical (unpaired) electrons. The molecule has 0 spiro atoms. The number of phenolic OH excluding ortho intramolecular Hbond substituents is 1. The van der Waals surface area contributed by atoms with Crippen LogP contribution in [0.4, 0.5) is 0 Å². The van der Waals surface area contributed by atoms with E-state index in [4.69, 9.17) is 14.2 Å². The van der Waals surface area contributed by atoms with Gasteiger partial charge >= 0.3 is 11.9 Å². The largest absolute Gasteiger partial charge is 0.504 e. The minimum absolute atomic E-state index is 0.00783. The Morgan fingerprint density at radius 3 is 2.52 bits per heavy atom. The van der Waals surface area contributed by atoms with Crippen molar-refractivity contribution in [2.45, 2.75) is 102 Å². The number of hydrogen-bond acceptors (Lipinski definition) is 11. The van der Waals surface area contributed by atoms with E-state index in [2.05, 4.69) is 16.0 Å². The van der Waals surface area contributed by atoms with Crippen LogP contribution in [0.2, 0.25) is 0 Å². The van der Waals surface area contributed by atoms with Crippen molar-refractivity contribution in [1.29, 1.82) is 0 Å². The van der Waals surface area contributed by atoms with E-state index in [1.54, 1.807) is 27.1 Å². The maximum absolute atomic E-state index is 13.7. The molecule has 0 amide bonds. The summed E-state index contributed by atoms with van der Waals surface area (Å²) in [6.07, 6.45) is 4.61. The molecule has 6 N–H and O–H groups in total. The maximum Gasteiger partial charge on any atom is 0.324 e. The third kappa shape index (κ3) is 10.0. The number of phenols is 1. The average molecular weight is 622 g/mol. The highest BCUT2D eigenvalue weighted by Gasteiger charge is 2.46. The molecule has 0 saturated carbocycles. The fraction of sp³-hybridized carbons (Fsp3) is 0.758. The predicted molar refractivity (Wildman–Crippen MR) is 168 cm³/mol. The van der Waals surface area contributed by atoms with Gasteiger partial charge in [-0.15, -0.1) is 0 Å². The first-order valence-corrected chi connectivity index (χ1v) is 16.3. The summed E-state index contributed by atoms with van der Waals surface area (Å²) in [5.41, 5.74) is 1.58. The van der Waals surface area contributed by atoms with E-state index >= 15 is 0 Å². The van der Waals surface area contributed by atoms with Gasteiger partial charge in [-0.1, -0.05) is 6.07 Å². The smallest absolute Gasteiger partial charge is 0.324 e. The van der Waals surface area contributed by atoms with Crippen LogP contribution < -0.4 is 20.7 Å². The first-order chi connectivity index (χ1) is 21.1. The molecule has 11 heteroatoms. The second-order valence-corrected chi connectivity index (χ2v) is 12.6. The number of nitrogens with one attached hydrogen (secondary N) is 3. The number of fused-ring (bicyclic) bond motifs is 1. The van der Waals surface area contributed by atoms with Gasteiger partial charge in [-0.2, -0.15) is 0 Å². The summed E-state index contributed by atoms with van der Waals surface area (Å²) in [7, 11) is 3.51. The van der Waals surface area contributed by atoms with E-state index in [0.29, 0.717) is 57.4 Å². The van der Waals surface area contributed by atoms with Gasteiger partial charge < -0.3 is 45.5 Å². The third-order valence-electron chi connectivity index (χ3n) is 9.26. The Morgan fingerprint density at radius 1 is 1.14 bits per heavy atom. The number of carbonyl (C=O) groups is 2. The third-order valence-corrected chi connectivity index (χ3v) is 9.26. The predicted octanol–water partition coefficient (Wildman–Crippen LogP) is 2.22. The highest BCUT2D eigenvalue weighted by molar-refractivity contribution is 5.76. The minimum Gasteiger partial charge on any atom is -0.504 e. The van der Waals surface area contributed by atoms with Crippen LogP contribution in [0.15, 0.2) is 12.1 Å². The number of aliphatic hydroxyl groups is 2. The number of esters is 2. The van der Waals surface area contributed by atoms with Crippen LogP contribution in [0.1, 0.15) is 76.3 Å². The van der Waals surface area contributed by atoms with Crippen molar-refractivity contribution in [1.82, 2.24) is 16.0 Å². The second kappa shape index (κ2) is 17.9. The molecule has 1 fully saturated rings. The zero-order valence-electron chi connectivity index (χ0n) is 27.0. The molecule has 2 aliphatic rings. The lowest BCUT2D eigenvalue weighted by atomic mass is 9.67. The molecule has 250 valence electrons. The number of hydrogen-bond donors (Lipinski definition) is 6. The Balaban J connectivity index is 2.07. The molecule has 3 rings (SSSR count). The highest BCUT2D eigenvalue weighted by atomic mass is 16.6. The number of rotatable bonds is 18. The van der Waals surface area contributed by atoms with Gasteiger partial charge in [0.05, 0.1) is 12.7 Å². The molecule has 44 heavy (non-hydrogen) atoms. The van der Waals surface area contributed by atoms with E-state index < -0.39 is 35.7 Å². The van der Waals surface area contributed by atoms with E-state index in [1.807, 2.05) is 6.07 Å². The lowest BCUT2D eigenvalue weighted by molar-refractivity contribution is -0.168. The first-order valence-electron chi connectivity index (χ1n) is 16.3. The highest BCUT2D eigenvalue weighted by Crippen LogP contribution is 2.45. The van der Waals surface area contributed by atoms with Gasteiger partial charge in [-0.3, -0.25) is 9.59 Å². The summed E-state index contributed by atoms with van der Waals surface area (Å²) in [5, 5.41) is 39.8. The monoisotopic (exact) mass is 621 g/mol. The van der Waals surface area contributed by atoms with Gasteiger partial charge in [-0.05, 0) is 109 Å². The Bertz CT molecular complexity index is 1050. The summed E-state index contributed by atoms with van der Waals surface area (Å²) in [6.45, 7) is 5.56. The minimum atomic E-state index is -0.591. The van der Waals surface area contributed by atoms with Gasteiger partial charge in [0.25, 0.3) is 0 Å². The van der Waals surface area contributed by atoms with Gasteiger partial charge in [-0.25, -0.2) is 0 Å². The molecule has 5 unspecified atom stereocenters. The first kappa shape index (κ1) is 36.0. The maximum atomic E-state index is 13.7. The van der Waals surface area contributed by atoms with Crippen molar-refractivity contribution in [3.63, 3.8) is 0 Å². The summed E-state index contributed by atoms with van der Waals surface area (Å²) in [6, 6.07) is 3.07. The number of piperidine rings is 1. The molecule has 11 nitrogen and oxygen atoms in total. The molecule has 1 saturated heterocycles. The molecule has 5 atom stereocenters. The number of aromatic hydroxyl groups is 1. The summed E-state index contributed by atoms with van der Waals surface area (Å²) < 4.78 is 18.4. The molecule has 1 aromatic carbocycles. The molecule has 1 aromatic rings. The molecular weight excluding hydrogens is 566 g/mol. The van der Waals surface area contributed by atoms with Crippen LogP contribution in [-0.2, 0) is 31.9 Å². The zero-order chi connectivity index (χ0) is 32.1. The van der Waals surface area contributed by atoms with Crippen LogP contribution in [0.5, 0.6) is 11.5 Å². The number of aliphatic hydroxyl groups excluding tert-OH is 2. The summed E-state index contributed by atoms with van der Waals surface area (Å²) in [5.74, 6) is -0.255. The van der Waals surface area contributed by atoms with Gasteiger partial charge in [0.2, 0.25) is 0 Å². The Kier molecular flexibility index (Phi) is 14.7. The van der Waals surface area contributed by atoms with E-state index in [0.717, 1.165) is 49.9 Å². The molecule has 0 aliphatic carbocycles. The Labute approximate surface area is 262 Å². The molecular formula is C33H55N3O8. The van der Waals surface area contributed by atoms with Gasteiger partial charge in [0, 0.05) is 37.5 Å². The van der Waals surface area contributed by atoms with Crippen LogP contribution in [0, 0.1) is 11.3 Å². The normalized spacial score (nSPS) is 19.5. The average Bonchev–Trinajstić information content (AvgIpc) is 3.00. The van der Waals surface area contributed by atoms with Crippen LogP contribution >= 0.6 is 0 Å². The lowest BCUT2D eigenvalue weighted by Gasteiger charge is -2.45. The lowest BCUT2D eigenvalue weighted by Crippen LogP contribution is -2.52. The number of benzene rings is 1. The summed E-state index contributed by atoms with van der Waals surface area (Å²) in [4.78, 5) is 26.1. The Hall–Kier alpha value is -2.44. The number of likely N-dealkylation sites (N-methyl/N-ethyl adjacent to an activating group) is 2. The Morgan fingerprint density at radius 2 is 1.89 bits per heavy atom. The SMILES string of the molecule is CNCC(NC)C(=O)OC(CC(OC(C)=O)C(CCCO)CCC(C)O)C1(Cc2ccc(O)c3c2CCCO3)CCNCC1. The van der Waals surface area contributed by atoms with Gasteiger partial charge in [0.15, 0.2) is 11.5 Å². The van der Waals surface area contributed by atoms with Crippen molar-refractivity contribution in [3.8, 4) is 11.5 Å². The molecule has 0 aromatic heterocycles. The van der Waals surface area contributed by atoms with Crippen molar-refractivity contribution < 1.29 is 39.1 Å². The quantitative estimate of drug-likeness (QED) is 0.134. The van der Waals surface area contributed by atoms with Crippen molar-refractivity contribution >= 4 is 11.9 Å². The fourth-order valence-corrected chi connectivity index (χ4v) is 6.84. The topological polar surface area (TPSA) is 159 Å². The number of ether oxygens (including phenoxy) is 3. The van der Waals surface area contributed by atoms with Crippen molar-refractivity contribution in [3.05, 3.63) is 23.3 Å². The van der Waals surface area contributed by atoms with E-state index in [9.17, 15) is 24.9 Å². The number of carbonyl (C=O) groups excluding carboxylic acids is 2. The van der Waals surface area contributed by atoms with Crippen LogP contribution in [0.3, 0.4) is 0 Å². The standard InChI is InChI=1S/C33H55N3O8/c1-22(38)9-10-24(7-5-17-37)29(43-23(2)39)19-30(44-32(41)27(35-4)21-34-3)33(13-15-36-16-14-33)20-25-11-12-28(40)31-26(25)8-6-18-42-31/h11-12,22,24,27,29-30,34-38,40H,5-10,13-21H2,1-4H3.